The van der Waals surface area contributed by atoms with Crippen LogP contribution < -0.4 is 10.5 Å². The van der Waals surface area contributed by atoms with Gasteiger partial charge in [0.05, 0.1) is 23.0 Å². The lowest BCUT2D eigenvalue weighted by Gasteiger charge is -2.39. The van der Waals surface area contributed by atoms with Crippen LogP contribution >= 0.6 is 0 Å². The van der Waals surface area contributed by atoms with E-state index in [1.54, 1.807) is 25.3 Å². The third-order valence-electron chi connectivity index (χ3n) is 6.13. The maximum Gasteiger partial charge on any atom is 0.416 e. The number of aryl methyl sites for hydroxylation is 1. The summed E-state index contributed by atoms with van der Waals surface area (Å²) in [5.41, 5.74) is 7.61. The molecule has 2 N–H and O–H groups in total. The highest BCUT2D eigenvalue weighted by Crippen LogP contribution is 2.32. The van der Waals surface area contributed by atoms with Crippen LogP contribution in [0.1, 0.15) is 39.5 Å². The zero-order valence-electron chi connectivity index (χ0n) is 19.3. The van der Waals surface area contributed by atoms with Gasteiger partial charge in [0.25, 0.3) is 5.91 Å². The molecule has 5 nitrogen and oxygen atoms in total. The average Bonchev–Trinajstić information content (AvgIpc) is 2.79. The summed E-state index contributed by atoms with van der Waals surface area (Å²) in [6.45, 7) is 5.33. The van der Waals surface area contributed by atoms with Crippen LogP contribution in [-0.4, -0.2) is 35.0 Å². The zero-order valence-corrected chi connectivity index (χ0v) is 19.3. The maximum atomic E-state index is 14.7. The van der Waals surface area contributed by atoms with Gasteiger partial charge in [-0.25, -0.2) is 4.39 Å². The largest absolute Gasteiger partial charge is 0.486 e. The molecule has 0 unspecified atom stereocenters. The highest BCUT2D eigenvalue weighted by atomic mass is 19.4. The maximum absolute atomic E-state index is 14.7. The number of alkyl halides is 3. The van der Waals surface area contributed by atoms with Gasteiger partial charge in [-0.1, -0.05) is 19.1 Å². The van der Waals surface area contributed by atoms with Crippen LogP contribution in [0.2, 0.25) is 0 Å². The van der Waals surface area contributed by atoms with E-state index in [1.165, 1.54) is 18.2 Å². The molecule has 0 bridgehead atoms. The second-order valence-electron chi connectivity index (χ2n) is 8.62. The number of pyridine rings is 1. The van der Waals surface area contributed by atoms with E-state index in [4.69, 9.17) is 10.5 Å². The lowest BCUT2D eigenvalue weighted by molar-refractivity contribution is -0.137. The van der Waals surface area contributed by atoms with Crippen molar-refractivity contribution in [1.82, 2.24) is 9.88 Å². The van der Waals surface area contributed by atoms with Crippen molar-refractivity contribution >= 4 is 5.91 Å². The number of halogens is 4. The summed E-state index contributed by atoms with van der Waals surface area (Å²) in [5.74, 6) is -0.885. The highest BCUT2D eigenvalue weighted by Gasteiger charge is 2.31. The molecule has 0 radical (unpaired) electrons. The van der Waals surface area contributed by atoms with Crippen LogP contribution in [0.15, 0.2) is 48.7 Å². The van der Waals surface area contributed by atoms with Gasteiger partial charge in [0, 0.05) is 25.2 Å². The summed E-state index contributed by atoms with van der Waals surface area (Å²) >= 11 is 0. The van der Waals surface area contributed by atoms with Crippen molar-refractivity contribution in [1.29, 1.82) is 0 Å². The van der Waals surface area contributed by atoms with Gasteiger partial charge in [0.15, 0.2) is 0 Å². The van der Waals surface area contributed by atoms with Crippen molar-refractivity contribution in [3.63, 3.8) is 0 Å². The van der Waals surface area contributed by atoms with E-state index >= 15 is 0 Å². The van der Waals surface area contributed by atoms with E-state index in [0.29, 0.717) is 48.6 Å². The first kappa shape index (κ1) is 24.7. The fourth-order valence-electron chi connectivity index (χ4n) is 4.25. The second kappa shape index (κ2) is 9.65. The number of hydrogen-bond donors (Lipinski definition) is 1. The predicted octanol–water partition coefficient (Wildman–Crippen LogP) is 5.14. The van der Waals surface area contributed by atoms with Crippen LogP contribution in [0.25, 0.3) is 11.3 Å². The Morgan fingerprint density at radius 1 is 1.17 bits per heavy atom. The monoisotopic (exact) mass is 487 g/mol. The smallest absolute Gasteiger partial charge is 0.416 e. The molecule has 1 aliphatic heterocycles. The Morgan fingerprint density at radius 2 is 1.86 bits per heavy atom. The molecule has 2 aromatic carbocycles. The van der Waals surface area contributed by atoms with Gasteiger partial charge in [-0.2, -0.15) is 13.2 Å². The highest BCUT2D eigenvalue weighted by molar-refractivity contribution is 5.94. The molecule has 0 atom stereocenters. The molecule has 4 rings (SSSR count). The fraction of sp³-hybridized carbons (Fsp3) is 0.308. The van der Waals surface area contributed by atoms with Gasteiger partial charge in [-0.05, 0) is 60.4 Å². The number of likely N-dealkylation sites (tertiary alicyclic amines) is 1. The minimum Gasteiger partial charge on any atom is -0.486 e. The van der Waals surface area contributed by atoms with Crippen LogP contribution in [0.3, 0.4) is 0 Å². The first-order valence-electron chi connectivity index (χ1n) is 11.2. The molecule has 2 heterocycles. The van der Waals surface area contributed by atoms with Crippen molar-refractivity contribution < 1.29 is 27.1 Å². The van der Waals surface area contributed by atoms with Crippen LogP contribution in [0, 0.1) is 12.7 Å². The van der Waals surface area contributed by atoms with Gasteiger partial charge in [-0.3, -0.25) is 14.7 Å². The molecule has 9 heteroatoms. The molecule has 0 aliphatic carbocycles. The Labute approximate surface area is 200 Å². The number of carbonyl (C=O) groups excluding carboxylic acids is 1. The predicted molar refractivity (Wildman–Crippen MR) is 123 cm³/mol. The fourth-order valence-corrected chi connectivity index (χ4v) is 4.25. The van der Waals surface area contributed by atoms with Crippen LogP contribution in [0.4, 0.5) is 17.6 Å². The van der Waals surface area contributed by atoms with E-state index in [2.05, 4.69) is 9.88 Å². The molecule has 1 aliphatic rings. The molecule has 3 aromatic rings. The topological polar surface area (TPSA) is 68.5 Å². The minimum absolute atomic E-state index is 0.0580. The quantitative estimate of drug-likeness (QED) is 0.469. The van der Waals surface area contributed by atoms with E-state index in [-0.39, 0.29) is 11.7 Å². The van der Waals surface area contributed by atoms with Crippen molar-refractivity contribution in [2.45, 2.75) is 39.1 Å². The molecular formula is C26H25F4N3O2. The number of rotatable bonds is 7. The standard InChI is InChI=1S/C26H25F4N3O2/c1-3-17-10-21(25(31)34)24(27)15(2)23(17)22-9-8-19(11-32-22)35-20-13-33(14-20)12-16-4-6-18(7-5-16)26(28,29)30/h4-11,20H,3,12-14H2,1-2H3,(H2,31,34). The Morgan fingerprint density at radius 3 is 2.40 bits per heavy atom. The van der Waals surface area contributed by atoms with Crippen LogP contribution in [-0.2, 0) is 19.1 Å². The lowest BCUT2D eigenvalue weighted by Crippen LogP contribution is -2.53. The number of carbonyl (C=O) groups is 1. The molecule has 1 amide bonds. The van der Waals surface area contributed by atoms with E-state index in [0.717, 1.165) is 23.3 Å². The summed E-state index contributed by atoms with van der Waals surface area (Å²) in [6, 6.07) is 10.2. The normalized spacial score (nSPS) is 14.6. The second-order valence-corrected chi connectivity index (χ2v) is 8.62. The molecule has 0 saturated carbocycles. The van der Waals surface area contributed by atoms with Gasteiger partial charge in [0.2, 0.25) is 0 Å². The molecule has 1 aromatic heterocycles. The Hall–Kier alpha value is -3.46. The van der Waals surface area contributed by atoms with Crippen LogP contribution in [0.5, 0.6) is 5.75 Å². The molecular weight excluding hydrogens is 462 g/mol. The van der Waals surface area contributed by atoms with E-state index in [9.17, 15) is 22.4 Å². The van der Waals surface area contributed by atoms with E-state index in [1.807, 2.05) is 6.92 Å². The lowest BCUT2D eigenvalue weighted by atomic mass is 9.93. The number of amides is 1. The zero-order chi connectivity index (χ0) is 25.3. The molecule has 0 spiro atoms. The number of nitrogens with two attached hydrogens (primary N) is 1. The number of aromatic nitrogens is 1. The molecule has 184 valence electrons. The molecule has 1 saturated heterocycles. The third-order valence-corrected chi connectivity index (χ3v) is 6.13. The van der Waals surface area contributed by atoms with E-state index < -0.39 is 23.5 Å². The Balaban J connectivity index is 1.37. The molecule has 1 fully saturated rings. The third kappa shape index (κ3) is 5.30. The summed E-state index contributed by atoms with van der Waals surface area (Å²) in [6.07, 6.45) is -2.24. The van der Waals surface area contributed by atoms with Gasteiger partial charge in [0.1, 0.15) is 17.7 Å². The number of hydrogen-bond acceptors (Lipinski definition) is 4. The van der Waals surface area contributed by atoms with Crippen molar-refractivity contribution in [3.8, 4) is 17.0 Å². The first-order valence-corrected chi connectivity index (χ1v) is 11.2. The number of nitrogens with zero attached hydrogens (tertiary/aromatic N) is 2. The number of benzene rings is 2. The summed E-state index contributed by atoms with van der Waals surface area (Å²) < 4.78 is 58.7. The first-order chi connectivity index (χ1) is 16.6. The van der Waals surface area contributed by atoms with Crippen molar-refractivity contribution in [2.75, 3.05) is 13.1 Å². The Bertz CT molecular complexity index is 1220. The number of primary amides is 1. The van der Waals surface area contributed by atoms with Crippen molar-refractivity contribution in [3.05, 3.63) is 82.3 Å². The summed E-state index contributed by atoms with van der Waals surface area (Å²) in [4.78, 5) is 18.1. The van der Waals surface area contributed by atoms with Gasteiger partial charge < -0.3 is 10.5 Å². The summed E-state index contributed by atoms with van der Waals surface area (Å²) in [5, 5.41) is 0. The Kier molecular flexibility index (Phi) is 6.80. The number of ether oxygens (including phenoxy) is 1. The molecule has 35 heavy (non-hydrogen) atoms. The minimum atomic E-state index is -4.34. The summed E-state index contributed by atoms with van der Waals surface area (Å²) in [7, 11) is 0. The average molecular weight is 487 g/mol. The van der Waals surface area contributed by atoms with Gasteiger partial charge >= 0.3 is 6.18 Å². The van der Waals surface area contributed by atoms with Crippen molar-refractivity contribution in [2.24, 2.45) is 5.73 Å². The SMILES string of the molecule is CCc1cc(C(N)=O)c(F)c(C)c1-c1ccc(OC2CN(Cc3ccc(C(F)(F)F)cc3)C2)cn1. The van der Waals surface area contributed by atoms with Gasteiger partial charge in [-0.15, -0.1) is 0 Å².